The smallest absolute Gasteiger partial charge is 0.434 e. The molecular weight excluding hydrogens is 245 g/mol. The number of carbonyl (C=O) groups excluding carboxylic acids is 1. The number of esters is 1. The number of carbonyl (C=O) groups is 1. The van der Waals surface area contributed by atoms with Crippen LogP contribution in [0.15, 0.2) is 10.8 Å². The Labute approximate surface area is 90.0 Å². The van der Waals surface area contributed by atoms with Gasteiger partial charge in [-0.1, -0.05) is 5.16 Å². The summed E-state index contributed by atoms with van der Waals surface area (Å²) in [6.07, 6.45) is 0.908. The van der Waals surface area contributed by atoms with Crippen molar-refractivity contribution in [2.45, 2.75) is 6.92 Å². The van der Waals surface area contributed by atoms with Gasteiger partial charge in [0.2, 0.25) is 11.4 Å². The van der Waals surface area contributed by atoms with Crippen molar-refractivity contribution in [3.63, 3.8) is 0 Å². The lowest BCUT2D eigenvalue weighted by Gasteiger charge is -2.05. The molecule has 0 saturated carbocycles. The second-order valence-corrected chi connectivity index (χ2v) is 5.01. The van der Waals surface area contributed by atoms with Gasteiger partial charge in [-0.25, -0.2) is 9.36 Å². The average Bonchev–Trinajstić information content (AvgIpc) is 2.49. The summed E-state index contributed by atoms with van der Waals surface area (Å²) < 4.78 is 24.3. The first kappa shape index (κ1) is 12.1. The van der Waals surface area contributed by atoms with E-state index in [0.717, 1.165) is 6.26 Å². The van der Waals surface area contributed by atoms with Crippen LogP contribution in [-0.2, 0) is 9.30 Å². The molecule has 0 amide bonds. The SMILES string of the molecule is CCOC(=O)c1nocc1OP(=O)(O)S. The van der Waals surface area contributed by atoms with Gasteiger partial charge in [-0.05, 0) is 19.2 Å². The lowest BCUT2D eigenvalue weighted by Crippen LogP contribution is -2.06. The third kappa shape index (κ3) is 3.58. The Morgan fingerprint density at radius 2 is 2.47 bits per heavy atom. The van der Waals surface area contributed by atoms with Gasteiger partial charge >= 0.3 is 12.8 Å². The third-order valence-corrected chi connectivity index (χ3v) is 1.90. The molecule has 1 aromatic heterocycles. The normalized spacial score (nSPS) is 14.3. The highest BCUT2D eigenvalue weighted by atomic mass is 32.7. The van der Waals surface area contributed by atoms with Crippen molar-refractivity contribution in [1.29, 1.82) is 0 Å². The quantitative estimate of drug-likeness (QED) is 0.473. The summed E-state index contributed by atoms with van der Waals surface area (Å²) in [4.78, 5) is 20.0. The van der Waals surface area contributed by atoms with Crippen LogP contribution in [-0.4, -0.2) is 22.6 Å². The maximum Gasteiger partial charge on any atom is 0.434 e. The van der Waals surface area contributed by atoms with Gasteiger partial charge in [0.15, 0.2) is 6.26 Å². The van der Waals surface area contributed by atoms with Crippen molar-refractivity contribution < 1.29 is 28.0 Å². The van der Waals surface area contributed by atoms with Crippen LogP contribution in [0.4, 0.5) is 0 Å². The highest BCUT2D eigenvalue weighted by molar-refractivity contribution is 8.44. The summed E-state index contributed by atoms with van der Waals surface area (Å²) in [6, 6.07) is 0. The predicted octanol–water partition coefficient (Wildman–Crippen LogP) is 1.26. The van der Waals surface area contributed by atoms with E-state index in [1.807, 2.05) is 0 Å². The Morgan fingerprint density at radius 1 is 1.80 bits per heavy atom. The van der Waals surface area contributed by atoms with Crippen molar-refractivity contribution in [1.82, 2.24) is 5.16 Å². The van der Waals surface area contributed by atoms with Gasteiger partial charge in [0.05, 0.1) is 6.61 Å². The van der Waals surface area contributed by atoms with Crippen LogP contribution in [0, 0.1) is 0 Å². The van der Waals surface area contributed by atoms with Crippen LogP contribution in [0.5, 0.6) is 5.75 Å². The number of nitrogens with zero attached hydrogens (tertiary/aromatic N) is 1. The fraction of sp³-hybridized carbons (Fsp3) is 0.333. The Hall–Kier alpha value is -0.980. The fourth-order valence-corrected chi connectivity index (χ4v) is 1.41. The Kier molecular flexibility index (Phi) is 3.78. The largest absolute Gasteiger partial charge is 0.461 e. The number of hydrogen-bond donors (Lipinski definition) is 2. The molecule has 0 aliphatic rings. The molecular formula is C6H8NO6PS. The zero-order valence-electron chi connectivity index (χ0n) is 7.61. The third-order valence-electron chi connectivity index (χ3n) is 1.22. The van der Waals surface area contributed by atoms with E-state index < -0.39 is 12.8 Å². The van der Waals surface area contributed by atoms with Gasteiger partial charge in [-0.3, -0.25) is 0 Å². The number of hydrogen-bond acceptors (Lipinski definition) is 6. The van der Waals surface area contributed by atoms with Gasteiger partial charge in [0.1, 0.15) is 0 Å². The fourth-order valence-electron chi connectivity index (χ4n) is 0.758. The molecule has 84 valence electrons. The lowest BCUT2D eigenvalue weighted by atomic mass is 10.4. The van der Waals surface area contributed by atoms with Gasteiger partial charge in [-0.15, -0.1) is 0 Å². The van der Waals surface area contributed by atoms with Gasteiger partial charge in [-0.2, -0.15) is 0 Å². The summed E-state index contributed by atoms with van der Waals surface area (Å²) in [5, 5.41) is 3.28. The van der Waals surface area contributed by atoms with Crippen molar-refractivity contribution >= 4 is 25.0 Å². The molecule has 0 aliphatic heterocycles. The molecule has 0 saturated heterocycles. The molecule has 1 N–H and O–H groups in total. The summed E-state index contributed by atoms with van der Waals surface area (Å²) in [7, 11) is 0. The molecule has 1 atom stereocenters. The number of ether oxygens (including phenoxy) is 1. The predicted molar refractivity (Wildman–Crippen MR) is 51.9 cm³/mol. The van der Waals surface area contributed by atoms with E-state index in [1.54, 1.807) is 6.92 Å². The summed E-state index contributed by atoms with van der Waals surface area (Å²) in [5.41, 5.74) is -0.305. The van der Waals surface area contributed by atoms with E-state index in [1.165, 1.54) is 0 Å². The summed E-state index contributed by atoms with van der Waals surface area (Å²) in [6.45, 7) is -2.31. The molecule has 0 spiro atoms. The molecule has 15 heavy (non-hydrogen) atoms. The lowest BCUT2D eigenvalue weighted by molar-refractivity contribution is 0.0513. The van der Waals surface area contributed by atoms with Gasteiger partial charge < -0.3 is 18.7 Å². The van der Waals surface area contributed by atoms with E-state index in [0.29, 0.717) is 0 Å². The van der Waals surface area contributed by atoms with Crippen LogP contribution < -0.4 is 4.52 Å². The summed E-state index contributed by atoms with van der Waals surface area (Å²) >= 11 is 3.28. The first-order valence-electron chi connectivity index (χ1n) is 3.80. The molecule has 0 bridgehead atoms. The molecule has 9 heteroatoms. The molecule has 1 heterocycles. The van der Waals surface area contributed by atoms with E-state index in [9.17, 15) is 9.36 Å². The molecule has 0 aliphatic carbocycles. The van der Waals surface area contributed by atoms with E-state index in [4.69, 9.17) is 4.89 Å². The van der Waals surface area contributed by atoms with Crippen LogP contribution in [0.3, 0.4) is 0 Å². The van der Waals surface area contributed by atoms with Crippen molar-refractivity contribution in [3.8, 4) is 5.75 Å². The second-order valence-electron chi connectivity index (χ2n) is 2.33. The number of thiol groups is 1. The Morgan fingerprint density at radius 3 is 3.00 bits per heavy atom. The molecule has 1 rings (SSSR count). The van der Waals surface area contributed by atoms with Crippen LogP contribution >= 0.6 is 19.0 Å². The first-order valence-corrected chi connectivity index (χ1v) is 6.53. The second kappa shape index (κ2) is 4.69. The van der Waals surface area contributed by atoms with Crippen molar-refractivity contribution in [3.05, 3.63) is 12.0 Å². The highest BCUT2D eigenvalue weighted by Crippen LogP contribution is 2.47. The maximum absolute atomic E-state index is 11.2. The minimum atomic E-state index is -4.05. The standard InChI is InChI=1S/C6H8NO6PS/c1-2-11-6(8)5-4(3-12-7-5)13-14(9,10)15/h3H,2H2,1H3,(H2,9,10,15). The van der Waals surface area contributed by atoms with E-state index >= 15 is 0 Å². The molecule has 0 aromatic carbocycles. The monoisotopic (exact) mass is 253 g/mol. The number of aromatic nitrogens is 1. The van der Waals surface area contributed by atoms with Crippen LogP contribution in [0.2, 0.25) is 0 Å². The van der Waals surface area contributed by atoms with Gasteiger partial charge in [0, 0.05) is 0 Å². The van der Waals surface area contributed by atoms with Crippen molar-refractivity contribution in [2.75, 3.05) is 6.61 Å². The minimum Gasteiger partial charge on any atom is -0.461 e. The molecule has 0 fully saturated rings. The Bertz CT molecular complexity index is 398. The summed E-state index contributed by atoms with van der Waals surface area (Å²) in [5.74, 6) is -1.09. The van der Waals surface area contributed by atoms with Crippen LogP contribution in [0.1, 0.15) is 17.4 Å². The van der Waals surface area contributed by atoms with E-state index in [2.05, 4.69) is 31.2 Å². The molecule has 7 nitrogen and oxygen atoms in total. The topological polar surface area (TPSA) is 98.9 Å². The number of rotatable bonds is 4. The van der Waals surface area contributed by atoms with Crippen molar-refractivity contribution in [2.24, 2.45) is 0 Å². The van der Waals surface area contributed by atoms with Gasteiger partial charge in [0.25, 0.3) is 0 Å². The maximum atomic E-state index is 11.2. The van der Waals surface area contributed by atoms with E-state index in [-0.39, 0.29) is 18.1 Å². The zero-order valence-corrected chi connectivity index (χ0v) is 9.40. The Balaban J connectivity index is 2.87. The average molecular weight is 253 g/mol. The molecule has 1 unspecified atom stereocenters. The highest BCUT2D eigenvalue weighted by Gasteiger charge is 2.24. The zero-order chi connectivity index (χ0) is 11.5. The first-order chi connectivity index (χ1) is 6.94. The minimum absolute atomic E-state index is 0.142. The molecule has 0 radical (unpaired) electrons. The van der Waals surface area contributed by atoms with Crippen LogP contribution in [0.25, 0.3) is 0 Å². The molecule has 1 aromatic rings.